The van der Waals surface area contributed by atoms with Crippen LogP contribution in [0.2, 0.25) is 0 Å². The number of nitrogens with zero attached hydrogens (tertiary/aromatic N) is 4. The molecule has 0 unspecified atom stereocenters. The first kappa shape index (κ1) is 24.6. The third-order valence-electron chi connectivity index (χ3n) is 5.03. The van der Waals surface area contributed by atoms with Gasteiger partial charge in [0, 0.05) is 35.3 Å². The van der Waals surface area contributed by atoms with Crippen LogP contribution in [-0.2, 0) is 17.1 Å². The van der Waals surface area contributed by atoms with E-state index in [2.05, 4.69) is 15.1 Å². The minimum atomic E-state index is -4.83. The summed E-state index contributed by atoms with van der Waals surface area (Å²) >= 11 is 0. The van der Waals surface area contributed by atoms with Crippen molar-refractivity contribution in [3.63, 3.8) is 0 Å². The number of hydrogen-bond donors (Lipinski definition) is 1. The van der Waals surface area contributed by atoms with Crippen molar-refractivity contribution in [3.8, 4) is 22.8 Å². The number of benzene rings is 2. The van der Waals surface area contributed by atoms with Crippen molar-refractivity contribution in [1.29, 1.82) is 0 Å². The molecule has 0 spiro atoms. The van der Waals surface area contributed by atoms with Gasteiger partial charge in [-0.15, -0.1) is 5.10 Å². The molecule has 6 nitrogen and oxygen atoms in total. The highest BCUT2D eigenvalue weighted by Gasteiger charge is 2.37. The van der Waals surface area contributed by atoms with Crippen LogP contribution in [0.15, 0.2) is 73.1 Å². The van der Waals surface area contributed by atoms with E-state index in [1.165, 1.54) is 36.7 Å². The second kappa shape index (κ2) is 9.29. The molecule has 184 valence electrons. The van der Waals surface area contributed by atoms with E-state index >= 15 is 0 Å². The van der Waals surface area contributed by atoms with Crippen LogP contribution >= 0.6 is 0 Å². The minimum absolute atomic E-state index is 0.0906. The summed E-state index contributed by atoms with van der Waals surface area (Å²) in [7, 11) is 0. The van der Waals surface area contributed by atoms with Gasteiger partial charge >= 0.3 is 18.3 Å². The average molecular weight is 504 g/mol. The fraction of sp³-hybridized carbons (Fsp3) is 0.0833. The van der Waals surface area contributed by atoms with Gasteiger partial charge in [0.15, 0.2) is 11.6 Å². The van der Waals surface area contributed by atoms with Gasteiger partial charge in [0.05, 0.1) is 16.7 Å². The Morgan fingerprint density at radius 3 is 1.97 bits per heavy atom. The lowest BCUT2D eigenvalue weighted by Gasteiger charge is -2.12. The normalized spacial score (nSPS) is 12.6. The zero-order valence-corrected chi connectivity index (χ0v) is 17.9. The van der Waals surface area contributed by atoms with E-state index in [0.29, 0.717) is 0 Å². The van der Waals surface area contributed by atoms with Crippen molar-refractivity contribution in [2.75, 3.05) is 0 Å². The number of alkyl halides is 6. The Labute approximate surface area is 199 Å². The predicted molar refractivity (Wildman–Crippen MR) is 117 cm³/mol. The molecule has 0 saturated heterocycles. The third kappa shape index (κ3) is 4.97. The van der Waals surface area contributed by atoms with Crippen molar-refractivity contribution in [1.82, 2.24) is 19.7 Å². The second-order valence-electron chi connectivity index (χ2n) is 7.38. The number of aliphatic carboxylic acids is 1. The van der Waals surface area contributed by atoms with Crippen molar-refractivity contribution >= 4 is 17.7 Å². The summed E-state index contributed by atoms with van der Waals surface area (Å²) in [5, 5.41) is 13.7. The molecule has 0 aliphatic carbocycles. The van der Waals surface area contributed by atoms with Crippen LogP contribution in [0.5, 0.6) is 0 Å². The average Bonchev–Trinajstić information content (AvgIpc) is 3.25. The molecule has 2 aromatic heterocycles. The lowest BCUT2D eigenvalue weighted by atomic mass is 10.1. The fourth-order valence-electron chi connectivity index (χ4n) is 3.46. The Morgan fingerprint density at radius 1 is 0.833 bits per heavy atom. The third-order valence-corrected chi connectivity index (χ3v) is 5.03. The molecule has 4 aromatic rings. The van der Waals surface area contributed by atoms with Crippen molar-refractivity contribution < 1.29 is 36.2 Å². The van der Waals surface area contributed by atoms with Gasteiger partial charge in [-0.2, -0.15) is 26.3 Å². The number of carboxylic acid groups (broad SMARTS) is 1. The Kier molecular flexibility index (Phi) is 6.35. The van der Waals surface area contributed by atoms with Gasteiger partial charge in [-0.3, -0.25) is 4.98 Å². The van der Waals surface area contributed by atoms with Gasteiger partial charge < -0.3 is 5.11 Å². The van der Waals surface area contributed by atoms with E-state index in [9.17, 15) is 36.2 Å². The van der Waals surface area contributed by atoms with E-state index in [-0.39, 0.29) is 5.56 Å². The first-order valence-corrected chi connectivity index (χ1v) is 10.1. The molecule has 0 aliphatic rings. The fourth-order valence-corrected chi connectivity index (χ4v) is 3.46. The molecule has 2 aromatic carbocycles. The molecule has 36 heavy (non-hydrogen) atoms. The first-order chi connectivity index (χ1) is 17.0. The molecular weight excluding hydrogens is 490 g/mol. The van der Waals surface area contributed by atoms with E-state index in [4.69, 9.17) is 0 Å². The molecule has 0 radical (unpaired) electrons. The lowest BCUT2D eigenvalue weighted by molar-refractivity contribution is -0.137. The van der Waals surface area contributed by atoms with E-state index < -0.39 is 57.8 Å². The van der Waals surface area contributed by atoms with E-state index in [0.717, 1.165) is 47.3 Å². The molecule has 0 atom stereocenters. The Morgan fingerprint density at radius 2 is 1.42 bits per heavy atom. The number of halogens is 6. The number of pyridine rings is 1. The summed E-state index contributed by atoms with van der Waals surface area (Å²) in [5.74, 6) is -2.51. The zero-order valence-electron chi connectivity index (χ0n) is 17.9. The predicted octanol–water partition coefficient (Wildman–Crippen LogP) is 6.13. The van der Waals surface area contributed by atoms with Crippen molar-refractivity contribution in [3.05, 3.63) is 89.7 Å². The van der Waals surface area contributed by atoms with Gasteiger partial charge in [0.25, 0.3) is 0 Å². The zero-order chi connectivity index (χ0) is 26.1. The SMILES string of the molecule is O=C(O)/C(=C/n1nc(-c2ccccc2C(F)(F)F)nc1-c1ccccc1C(F)(F)F)c1cccnc1. The van der Waals surface area contributed by atoms with E-state index in [1.54, 1.807) is 0 Å². The maximum absolute atomic E-state index is 13.7. The highest BCUT2D eigenvalue weighted by molar-refractivity contribution is 6.19. The van der Waals surface area contributed by atoms with Gasteiger partial charge in [-0.25, -0.2) is 14.5 Å². The van der Waals surface area contributed by atoms with Gasteiger partial charge in [-0.05, 0) is 18.2 Å². The van der Waals surface area contributed by atoms with Crippen LogP contribution in [0.25, 0.3) is 34.5 Å². The van der Waals surface area contributed by atoms with Crippen LogP contribution in [0.4, 0.5) is 26.3 Å². The Hall–Kier alpha value is -4.48. The summed E-state index contributed by atoms with van der Waals surface area (Å²) in [4.78, 5) is 19.8. The largest absolute Gasteiger partial charge is 0.478 e. The number of hydrogen-bond acceptors (Lipinski definition) is 4. The monoisotopic (exact) mass is 504 g/mol. The number of carboxylic acids is 1. The molecule has 12 heteroatoms. The van der Waals surface area contributed by atoms with Crippen LogP contribution in [-0.4, -0.2) is 30.8 Å². The smallest absolute Gasteiger partial charge is 0.417 e. The molecule has 0 aliphatic heterocycles. The summed E-state index contributed by atoms with van der Waals surface area (Å²) in [5.41, 5.74) is -3.54. The Balaban J connectivity index is 2.02. The topological polar surface area (TPSA) is 80.9 Å². The standard InChI is InChI=1S/C24H14F6N4O2/c25-23(26,27)18-9-3-1-7-15(18)20-32-21(16-8-2-4-10-19(16)24(28,29)30)34(33-20)13-17(22(35)36)14-6-5-11-31-12-14/h1-13H,(H,35,36)/b17-13+. The second-order valence-corrected chi connectivity index (χ2v) is 7.38. The van der Waals surface area contributed by atoms with Crippen LogP contribution in [0, 0.1) is 0 Å². The molecule has 0 saturated carbocycles. The van der Waals surface area contributed by atoms with Crippen molar-refractivity contribution in [2.24, 2.45) is 0 Å². The molecule has 0 bridgehead atoms. The van der Waals surface area contributed by atoms with Gasteiger partial charge in [0.1, 0.15) is 0 Å². The molecule has 2 heterocycles. The van der Waals surface area contributed by atoms with Gasteiger partial charge in [0.2, 0.25) is 0 Å². The number of carbonyl (C=O) groups is 1. The summed E-state index contributed by atoms with van der Waals surface area (Å²) < 4.78 is 82.8. The Bertz CT molecular complexity index is 1440. The first-order valence-electron chi connectivity index (χ1n) is 10.1. The van der Waals surface area contributed by atoms with Crippen molar-refractivity contribution in [2.45, 2.75) is 12.4 Å². The summed E-state index contributed by atoms with van der Waals surface area (Å²) in [6.45, 7) is 0. The minimum Gasteiger partial charge on any atom is -0.478 e. The van der Waals surface area contributed by atoms with Gasteiger partial charge in [-0.1, -0.05) is 42.5 Å². The number of rotatable bonds is 5. The van der Waals surface area contributed by atoms with Crippen LogP contribution in [0.1, 0.15) is 16.7 Å². The highest BCUT2D eigenvalue weighted by Crippen LogP contribution is 2.39. The lowest BCUT2D eigenvalue weighted by Crippen LogP contribution is -2.09. The molecule has 4 rings (SSSR count). The molecule has 0 fully saturated rings. The highest BCUT2D eigenvalue weighted by atomic mass is 19.4. The number of aromatic nitrogens is 4. The molecule has 1 N–H and O–H groups in total. The summed E-state index contributed by atoms with van der Waals surface area (Å²) in [6.07, 6.45) is -6.16. The maximum Gasteiger partial charge on any atom is 0.417 e. The maximum atomic E-state index is 13.7. The van der Waals surface area contributed by atoms with Crippen LogP contribution < -0.4 is 0 Å². The molecule has 0 amide bonds. The van der Waals surface area contributed by atoms with E-state index in [1.807, 2.05) is 0 Å². The van der Waals surface area contributed by atoms with Crippen LogP contribution in [0.3, 0.4) is 0 Å². The summed E-state index contributed by atoms with van der Waals surface area (Å²) in [6, 6.07) is 11.4. The quantitative estimate of drug-likeness (QED) is 0.261. The molecular formula is C24H14F6N4O2.